The van der Waals surface area contributed by atoms with E-state index in [-0.39, 0.29) is 0 Å². The molecule has 9 heavy (non-hydrogen) atoms. The van der Waals surface area contributed by atoms with Gasteiger partial charge in [0.1, 0.15) is 0 Å². The molecule has 52 valence electrons. The van der Waals surface area contributed by atoms with Crippen LogP contribution in [0.2, 0.25) is 0 Å². The molecule has 1 aromatic heterocycles. The predicted molar refractivity (Wildman–Crippen MR) is 44.3 cm³/mol. The van der Waals surface area contributed by atoms with Gasteiger partial charge in [-0.15, -0.1) is 0 Å². The number of hydrogen-bond donors (Lipinski definition) is 1. The molecule has 1 heterocycles. The molecule has 0 atom stereocenters. The van der Waals surface area contributed by atoms with Gasteiger partial charge in [-0.3, -0.25) is 0 Å². The molecular weight excluding hydrogens is 362 g/mol. The Morgan fingerprint density at radius 3 is 3.11 bits per heavy atom. The topological polar surface area (TPSA) is 38.9 Å². The summed E-state index contributed by atoms with van der Waals surface area (Å²) < 4.78 is 1.15. The molecule has 1 rings (SSSR count). The molecular formula is C4H5I2N2S-. The van der Waals surface area contributed by atoms with Crippen LogP contribution in [-0.4, -0.2) is 4.98 Å². The third kappa shape index (κ3) is 2.54. The molecule has 0 bridgehead atoms. The number of halogens is 2. The van der Waals surface area contributed by atoms with Gasteiger partial charge in [0.15, 0.2) is 0 Å². The van der Waals surface area contributed by atoms with Gasteiger partial charge in [0.2, 0.25) is 0 Å². The minimum atomic E-state index is 0.301. The first-order valence-corrected chi connectivity index (χ1v) is 10.9. The van der Waals surface area contributed by atoms with Crippen molar-refractivity contribution in [3.8, 4) is 0 Å². The van der Waals surface area contributed by atoms with Crippen molar-refractivity contribution in [2.75, 3.05) is 5.73 Å². The van der Waals surface area contributed by atoms with Crippen molar-refractivity contribution >= 4 is 35.1 Å². The van der Waals surface area contributed by atoms with Crippen LogP contribution in [0.5, 0.6) is 0 Å². The van der Waals surface area contributed by atoms with Gasteiger partial charge in [0.05, 0.1) is 0 Å². The summed E-state index contributed by atoms with van der Waals surface area (Å²) in [6.45, 7) is 0. The fraction of sp³-hybridized carbons (Fsp3) is 0.250. The van der Waals surface area contributed by atoms with Crippen LogP contribution in [0.15, 0.2) is 5.38 Å². The van der Waals surface area contributed by atoms with Crippen LogP contribution < -0.4 is 23.0 Å². The summed E-state index contributed by atoms with van der Waals surface area (Å²) in [6.07, 6.45) is 0. The van der Waals surface area contributed by atoms with Crippen LogP contribution in [0.1, 0.15) is 5.69 Å². The maximum atomic E-state index is 5.43. The standard InChI is InChI=1S/C4H5I2N2S/c5-6-1-3-2-9-4(7)8-3/h2H,1H2,(H2,7,8)/q-1. The zero-order chi connectivity index (χ0) is 6.69. The molecule has 5 heteroatoms. The Morgan fingerprint density at radius 2 is 2.67 bits per heavy atom. The van der Waals surface area contributed by atoms with Gasteiger partial charge < -0.3 is 0 Å². The summed E-state index contributed by atoms with van der Waals surface area (Å²) in [7, 11) is 0. The summed E-state index contributed by atoms with van der Waals surface area (Å²) in [4.78, 5) is 4.12. The fourth-order valence-electron chi connectivity index (χ4n) is 0.436. The number of nitrogen functional groups attached to an aromatic ring is 1. The minimum absolute atomic E-state index is 0.301. The average molecular weight is 367 g/mol. The number of thiazole rings is 1. The molecule has 0 unspecified atom stereocenters. The summed E-state index contributed by atoms with van der Waals surface area (Å²) in [5.41, 5.74) is 6.59. The zero-order valence-electron chi connectivity index (χ0n) is 4.47. The number of anilines is 1. The molecule has 2 nitrogen and oxygen atoms in total. The van der Waals surface area contributed by atoms with E-state index in [0.29, 0.717) is 22.4 Å². The summed E-state index contributed by atoms with van der Waals surface area (Å²) in [5.74, 6) is 0. The third-order valence-electron chi connectivity index (χ3n) is 0.757. The quantitative estimate of drug-likeness (QED) is 0.520. The van der Waals surface area contributed by atoms with Crippen molar-refractivity contribution in [1.29, 1.82) is 0 Å². The van der Waals surface area contributed by atoms with Crippen LogP contribution >= 0.6 is 30.0 Å². The molecule has 0 saturated carbocycles. The predicted octanol–water partition coefficient (Wildman–Crippen LogP) is -1.34. The van der Waals surface area contributed by atoms with E-state index in [1.807, 2.05) is 5.38 Å². The Hall–Kier alpha value is 0.890. The molecule has 0 aliphatic rings. The number of nitrogens with zero attached hydrogens (tertiary/aromatic N) is 1. The molecule has 0 spiro atoms. The molecule has 0 radical (unpaired) electrons. The first kappa shape index (κ1) is 7.99. The van der Waals surface area contributed by atoms with Gasteiger partial charge in [-0.05, 0) is 0 Å². The van der Waals surface area contributed by atoms with E-state index in [9.17, 15) is 0 Å². The number of rotatable bonds is 2. The Balaban J connectivity index is 2.61. The Morgan fingerprint density at radius 1 is 1.89 bits per heavy atom. The van der Waals surface area contributed by atoms with E-state index >= 15 is 0 Å². The Labute approximate surface area is 77.7 Å². The van der Waals surface area contributed by atoms with E-state index in [0.717, 1.165) is 4.43 Å². The number of aromatic nitrogens is 1. The number of hydrogen-bond acceptors (Lipinski definition) is 3. The van der Waals surface area contributed by atoms with E-state index in [1.165, 1.54) is 17.0 Å². The third-order valence-corrected chi connectivity index (χ3v) is 4.48. The van der Waals surface area contributed by atoms with E-state index in [4.69, 9.17) is 5.73 Å². The van der Waals surface area contributed by atoms with Gasteiger partial charge in [-0.25, -0.2) is 0 Å². The van der Waals surface area contributed by atoms with Crippen LogP contribution in [0.25, 0.3) is 0 Å². The first-order valence-electron chi connectivity index (χ1n) is 2.23. The van der Waals surface area contributed by atoms with Crippen molar-refractivity contribution in [3.63, 3.8) is 0 Å². The van der Waals surface area contributed by atoms with Gasteiger partial charge >= 0.3 is 78.5 Å². The van der Waals surface area contributed by atoms with Gasteiger partial charge in [-0.2, -0.15) is 0 Å². The molecule has 0 aliphatic heterocycles. The normalized spacial score (nSPS) is 10.3. The summed E-state index contributed by atoms with van der Waals surface area (Å²) in [5, 5.41) is 2.73. The van der Waals surface area contributed by atoms with E-state index in [1.54, 1.807) is 0 Å². The Bertz CT molecular complexity index is 188. The SMILES string of the molecule is Nc1nc(C[I-]I)cs1. The average Bonchev–Trinajstić information content (AvgIpc) is 2.17. The molecule has 0 aromatic carbocycles. The fourth-order valence-corrected chi connectivity index (χ4v) is 3.97. The van der Waals surface area contributed by atoms with Crippen molar-refractivity contribution in [2.45, 2.75) is 4.43 Å². The van der Waals surface area contributed by atoms with Crippen molar-refractivity contribution in [2.24, 2.45) is 0 Å². The van der Waals surface area contributed by atoms with Gasteiger partial charge in [0.25, 0.3) is 0 Å². The molecule has 0 fully saturated rings. The van der Waals surface area contributed by atoms with Crippen molar-refractivity contribution in [1.82, 2.24) is 4.98 Å². The monoisotopic (exact) mass is 367 g/mol. The molecule has 2 N–H and O–H groups in total. The van der Waals surface area contributed by atoms with Crippen LogP contribution in [0.3, 0.4) is 0 Å². The second kappa shape index (κ2) is 3.91. The Kier molecular flexibility index (Phi) is 3.48. The van der Waals surface area contributed by atoms with Crippen LogP contribution in [0.4, 0.5) is 5.13 Å². The second-order valence-electron chi connectivity index (χ2n) is 1.41. The molecule has 0 saturated heterocycles. The van der Waals surface area contributed by atoms with Crippen molar-refractivity contribution in [3.05, 3.63) is 11.1 Å². The maximum absolute atomic E-state index is 5.43. The van der Waals surface area contributed by atoms with Crippen LogP contribution in [0, 0.1) is 0 Å². The van der Waals surface area contributed by atoms with Gasteiger partial charge in [-0.1, -0.05) is 0 Å². The number of alkyl halides is 1. The van der Waals surface area contributed by atoms with Gasteiger partial charge in [0, 0.05) is 0 Å². The van der Waals surface area contributed by atoms with E-state index < -0.39 is 0 Å². The summed E-state index contributed by atoms with van der Waals surface area (Å²) in [6, 6.07) is 0. The molecule has 0 amide bonds. The number of nitrogens with two attached hydrogens (primary N) is 1. The molecule has 1 aromatic rings. The van der Waals surface area contributed by atoms with E-state index in [2.05, 4.69) is 23.6 Å². The van der Waals surface area contributed by atoms with Crippen LogP contribution in [-0.2, 0) is 4.43 Å². The summed E-state index contributed by atoms with van der Waals surface area (Å²) >= 11 is 4.26. The second-order valence-corrected chi connectivity index (χ2v) is 7.51. The molecule has 0 aliphatic carbocycles. The first-order chi connectivity index (χ1) is 4.33. The van der Waals surface area contributed by atoms with Crippen molar-refractivity contribution < 1.29 is 17.2 Å². The zero-order valence-corrected chi connectivity index (χ0v) is 9.60.